The summed E-state index contributed by atoms with van der Waals surface area (Å²) in [5.41, 5.74) is 0. The molecule has 11 nitrogen and oxygen atoms in total. The summed E-state index contributed by atoms with van der Waals surface area (Å²) in [5, 5.41) is 76.0. The Morgan fingerprint density at radius 1 is 1.00 bits per heavy atom. The van der Waals surface area contributed by atoms with E-state index in [1.807, 2.05) is 0 Å². The van der Waals surface area contributed by atoms with E-state index >= 15 is 0 Å². The highest BCUT2D eigenvalue weighted by atomic mass is 16.7. The van der Waals surface area contributed by atoms with Crippen molar-refractivity contribution in [3.8, 4) is 0 Å². The summed E-state index contributed by atoms with van der Waals surface area (Å²) >= 11 is 0. The highest BCUT2D eigenvalue weighted by Crippen LogP contribution is 2.31. The molecule has 1 saturated heterocycles. The van der Waals surface area contributed by atoms with Crippen LogP contribution in [0.2, 0.25) is 0 Å². The van der Waals surface area contributed by atoms with E-state index in [-0.39, 0.29) is 0 Å². The molecule has 0 saturated carbocycles. The van der Waals surface area contributed by atoms with Gasteiger partial charge >= 0.3 is 0 Å². The fraction of sp³-hybridized carbons (Fsp3) is 0.833. The molecular weight excluding hydrogens is 320 g/mol. The number of aliphatic hydroxyl groups excluding tert-OH is 8. The van der Waals surface area contributed by atoms with Crippen molar-refractivity contribution in [1.82, 2.24) is 0 Å². The third kappa shape index (κ3) is 3.42. The van der Waals surface area contributed by atoms with Gasteiger partial charge in [0.15, 0.2) is 11.5 Å². The molecule has 1 fully saturated rings. The van der Waals surface area contributed by atoms with E-state index in [0.29, 0.717) is 0 Å². The monoisotopic (exact) mass is 340 g/mol. The van der Waals surface area contributed by atoms with Crippen LogP contribution >= 0.6 is 0 Å². The van der Waals surface area contributed by atoms with Gasteiger partial charge in [-0.1, -0.05) is 0 Å². The summed E-state index contributed by atoms with van der Waals surface area (Å²) in [6, 6.07) is 0. The molecule has 2 aliphatic rings. The van der Waals surface area contributed by atoms with Gasteiger partial charge in [-0.2, -0.15) is 0 Å². The van der Waals surface area contributed by atoms with Gasteiger partial charge in [-0.05, 0) is 0 Å². The lowest BCUT2D eigenvalue weighted by Crippen LogP contribution is -2.59. The molecule has 0 radical (unpaired) electrons. The molecule has 0 aromatic carbocycles. The minimum Gasteiger partial charge on any atom is -0.506 e. The van der Waals surface area contributed by atoms with Crippen LogP contribution in [0.15, 0.2) is 11.5 Å². The molecule has 134 valence electrons. The average molecular weight is 340 g/mol. The molecule has 0 aliphatic carbocycles. The molecule has 1 unspecified atom stereocenters. The summed E-state index contributed by atoms with van der Waals surface area (Å²) in [6.07, 6.45) is -12.7. The van der Waals surface area contributed by atoms with Crippen molar-refractivity contribution in [2.75, 3.05) is 13.2 Å². The maximum absolute atomic E-state index is 9.88. The second-order valence-electron chi connectivity index (χ2n) is 5.22. The normalized spacial score (nSPS) is 42.8. The van der Waals surface area contributed by atoms with Crippen molar-refractivity contribution in [3.05, 3.63) is 11.5 Å². The van der Waals surface area contributed by atoms with Crippen LogP contribution < -0.4 is 0 Å². The van der Waals surface area contributed by atoms with Gasteiger partial charge in [0.05, 0.1) is 13.2 Å². The molecule has 0 bridgehead atoms. The van der Waals surface area contributed by atoms with E-state index in [2.05, 4.69) is 0 Å². The molecule has 0 aromatic heterocycles. The first kappa shape index (κ1) is 18.3. The average Bonchev–Trinajstić information content (AvgIpc) is 2.82. The summed E-state index contributed by atoms with van der Waals surface area (Å²) in [7, 11) is 0. The molecule has 0 spiro atoms. The van der Waals surface area contributed by atoms with Gasteiger partial charge < -0.3 is 55.1 Å². The van der Waals surface area contributed by atoms with Crippen molar-refractivity contribution in [3.63, 3.8) is 0 Å². The van der Waals surface area contributed by atoms with Crippen molar-refractivity contribution in [1.29, 1.82) is 0 Å². The zero-order valence-electron chi connectivity index (χ0n) is 11.8. The van der Waals surface area contributed by atoms with Gasteiger partial charge in [0, 0.05) is 0 Å². The van der Waals surface area contributed by atoms with E-state index in [4.69, 9.17) is 24.4 Å². The van der Waals surface area contributed by atoms with Gasteiger partial charge in [-0.25, -0.2) is 0 Å². The second kappa shape index (κ2) is 7.25. The standard InChI is InChI=1S/C12H20O11/c13-1-3(15)9-8(19)10(11(20)22-9)23-12-7(18)6(17)5(16)4(2-14)21-12/h3-7,9,11-20H,1-2H2/t3-,4+,5+,6-,7+,9+,11?,12+/m0/s1. The SMILES string of the molecule is OC[C@H](O)[C@H]1OC(O)C(O[C@H]2O[C@H](CO)[C@@H](O)[C@H](O)[C@H]2O)=C1O. The summed E-state index contributed by atoms with van der Waals surface area (Å²) < 4.78 is 14.9. The molecule has 8 N–H and O–H groups in total. The van der Waals surface area contributed by atoms with Gasteiger partial charge in [0.2, 0.25) is 12.6 Å². The minimum atomic E-state index is -1.81. The van der Waals surface area contributed by atoms with Crippen LogP contribution in [0, 0.1) is 0 Å². The van der Waals surface area contributed by atoms with Crippen LogP contribution in [-0.4, -0.2) is 103 Å². The fourth-order valence-corrected chi connectivity index (χ4v) is 2.31. The quantitative estimate of drug-likeness (QED) is 0.241. The van der Waals surface area contributed by atoms with Crippen molar-refractivity contribution in [2.24, 2.45) is 0 Å². The third-order valence-corrected chi connectivity index (χ3v) is 3.65. The number of rotatable bonds is 5. The summed E-state index contributed by atoms with van der Waals surface area (Å²) in [4.78, 5) is 0. The Kier molecular flexibility index (Phi) is 5.78. The Labute approximate surface area is 130 Å². The predicted molar refractivity (Wildman–Crippen MR) is 68.5 cm³/mol. The molecule has 0 aromatic rings. The van der Waals surface area contributed by atoms with Crippen molar-refractivity contribution in [2.45, 2.75) is 49.2 Å². The van der Waals surface area contributed by atoms with E-state index in [1.165, 1.54) is 0 Å². The van der Waals surface area contributed by atoms with E-state index in [0.717, 1.165) is 0 Å². The number of ether oxygens (including phenoxy) is 3. The van der Waals surface area contributed by atoms with Crippen LogP contribution in [0.1, 0.15) is 0 Å². The molecule has 2 rings (SSSR count). The van der Waals surface area contributed by atoms with Crippen LogP contribution in [0.4, 0.5) is 0 Å². The molecule has 0 amide bonds. The lowest BCUT2D eigenvalue weighted by Gasteiger charge is -2.39. The lowest BCUT2D eigenvalue weighted by molar-refractivity contribution is -0.297. The molecule has 2 heterocycles. The summed E-state index contributed by atoms with van der Waals surface area (Å²) in [5.74, 6) is -1.32. The number of hydrogen-bond donors (Lipinski definition) is 8. The number of hydrogen-bond acceptors (Lipinski definition) is 11. The Bertz CT molecular complexity index is 439. The highest BCUT2D eigenvalue weighted by molar-refractivity contribution is 5.16. The van der Waals surface area contributed by atoms with E-state index < -0.39 is 73.9 Å². The largest absolute Gasteiger partial charge is 0.506 e. The topological polar surface area (TPSA) is 190 Å². The van der Waals surface area contributed by atoms with Gasteiger partial charge in [0.1, 0.15) is 36.6 Å². The highest BCUT2D eigenvalue weighted by Gasteiger charge is 2.47. The predicted octanol–water partition coefficient (Wildman–Crippen LogP) is -4.36. The van der Waals surface area contributed by atoms with Crippen LogP contribution in [0.5, 0.6) is 0 Å². The van der Waals surface area contributed by atoms with Gasteiger partial charge in [0.25, 0.3) is 0 Å². The zero-order chi connectivity index (χ0) is 17.3. The van der Waals surface area contributed by atoms with E-state index in [1.54, 1.807) is 0 Å². The molecule has 8 atom stereocenters. The molecule has 2 aliphatic heterocycles. The zero-order valence-corrected chi connectivity index (χ0v) is 11.8. The first-order chi connectivity index (χ1) is 10.8. The Morgan fingerprint density at radius 2 is 1.65 bits per heavy atom. The molecular formula is C12H20O11. The summed E-state index contributed by atoms with van der Waals surface area (Å²) in [6.45, 7) is -1.44. The third-order valence-electron chi connectivity index (χ3n) is 3.65. The first-order valence-electron chi connectivity index (χ1n) is 6.84. The lowest BCUT2D eigenvalue weighted by atomic mass is 9.99. The first-order valence-corrected chi connectivity index (χ1v) is 6.84. The Hall–Kier alpha value is -1.02. The minimum absolute atomic E-state index is 0.591. The van der Waals surface area contributed by atoms with Gasteiger partial charge in [-0.3, -0.25) is 0 Å². The van der Waals surface area contributed by atoms with Crippen molar-refractivity contribution >= 4 is 0 Å². The van der Waals surface area contributed by atoms with Gasteiger partial charge in [-0.15, -0.1) is 0 Å². The number of aliphatic hydroxyl groups is 8. The van der Waals surface area contributed by atoms with Crippen molar-refractivity contribution < 1.29 is 55.1 Å². The maximum Gasteiger partial charge on any atom is 0.229 e. The fourth-order valence-electron chi connectivity index (χ4n) is 2.31. The van der Waals surface area contributed by atoms with Crippen LogP contribution in [-0.2, 0) is 14.2 Å². The van der Waals surface area contributed by atoms with Crippen LogP contribution in [0.3, 0.4) is 0 Å². The maximum atomic E-state index is 9.88. The molecule has 23 heavy (non-hydrogen) atoms. The Balaban J connectivity index is 2.15. The second-order valence-corrected chi connectivity index (χ2v) is 5.22. The van der Waals surface area contributed by atoms with Crippen LogP contribution in [0.25, 0.3) is 0 Å². The molecule has 11 heteroatoms. The Morgan fingerprint density at radius 3 is 2.22 bits per heavy atom. The smallest absolute Gasteiger partial charge is 0.229 e. The van der Waals surface area contributed by atoms with E-state index in [9.17, 15) is 30.6 Å².